The number of carbonyl (C=O) groups is 2. The predicted octanol–water partition coefficient (Wildman–Crippen LogP) is 1.81. The van der Waals surface area contributed by atoms with Crippen molar-refractivity contribution in [2.24, 2.45) is 0 Å². The molecule has 17 heavy (non-hydrogen) atoms. The van der Waals surface area contributed by atoms with E-state index in [1.54, 1.807) is 20.8 Å². The molecule has 0 aliphatic heterocycles. The van der Waals surface area contributed by atoms with Crippen LogP contribution >= 0.6 is 0 Å². The van der Waals surface area contributed by atoms with E-state index in [0.29, 0.717) is 0 Å². The van der Waals surface area contributed by atoms with Crippen molar-refractivity contribution in [1.82, 2.24) is 4.98 Å². The Balaban J connectivity index is 2.61. The minimum Gasteiger partial charge on any atom is -0.464 e. The van der Waals surface area contributed by atoms with Crippen molar-refractivity contribution in [3.05, 3.63) is 12.0 Å². The number of carbonyl (C=O) groups excluding carboxylic acids is 2. The quantitative estimate of drug-likeness (QED) is 0.795. The van der Waals surface area contributed by atoms with Gasteiger partial charge in [-0.05, 0) is 20.8 Å². The summed E-state index contributed by atoms with van der Waals surface area (Å²) in [5, 5.41) is 2.25. The average molecular weight is 242 g/mol. The molecule has 0 atom stereocenters. The van der Waals surface area contributed by atoms with Gasteiger partial charge in [0.25, 0.3) is 0 Å². The van der Waals surface area contributed by atoms with Gasteiger partial charge in [-0.25, -0.2) is 14.9 Å². The lowest BCUT2D eigenvalue weighted by molar-refractivity contribution is 0.0590. The van der Waals surface area contributed by atoms with Gasteiger partial charge in [0.2, 0.25) is 0 Å². The number of ether oxygens (including phenoxy) is 2. The molecule has 1 aromatic rings. The summed E-state index contributed by atoms with van der Waals surface area (Å²) in [5.74, 6) is -0.647. The fraction of sp³-hybridized carbons (Fsp3) is 0.500. The first-order chi connectivity index (χ1) is 7.81. The van der Waals surface area contributed by atoms with Crippen LogP contribution in [-0.2, 0) is 9.47 Å². The first kappa shape index (κ1) is 13.0. The zero-order valence-corrected chi connectivity index (χ0v) is 10.1. The second-order valence-electron chi connectivity index (χ2n) is 4.16. The summed E-state index contributed by atoms with van der Waals surface area (Å²) >= 11 is 0. The van der Waals surface area contributed by atoms with E-state index < -0.39 is 17.7 Å². The molecular weight excluding hydrogens is 228 g/mol. The van der Waals surface area contributed by atoms with Gasteiger partial charge in [0.1, 0.15) is 11.9 Å². The Labute approximate surface area is 98.1 Å². The Bertz CT molecular complexity index is 419. The van der Waals surface area contributed by atoms with Gasteiger partial charge in [-0.2, -0.15) is 4.98 Å². The molecule has 94 valence electrons. The van der Waals surface area contributed by atoms with Gasteiger partial charge in [-0.1, -0.05) is 0 Å². The van der Waals surface area contributed by atoms with Crippen molar-refractivity contribution in [3.63, 3.8) is 0 Å². The molecule has 0 aromatic carbocycles. The summed E-state index contributed by atoms with van der Waals surface area (Å²) in [7, 11) is 1.22. The number of nitrogens with zero attached hydrogens (tertiary/aromatic N) is 1. The third-order valence-electron chi connectivity index (χ3n) is 1.51. The third kappa shape index (κ3) is 4.13. The Kier molecular flexibility index (Phi) is 3.72. The topological polar surface area (TPSA) is 90.7 Å². The van der Waals surface area contributed by atoms with Gasteiger partial charge < -0.3 is 13.9 Å². The lowest BCUT2D eigenvalue weighted by Gasteiger charge is -2.18. The second-order valence-corrected chi connectivity index (χ2v) is 4.16. The number of hydrogen-bond acceptors (Lipinski definition) is 6. The smallest absolute Gasteiger partial charge is 0.415 e. The fourth-order valence-electron chi connectivity index (χ4n) is 0.920. The molecule has 1 rings (SSSR count). The molecule has 0 saturated heterocycles. The standard InChI is InChI=1S/C10H14N2O5/c1-10(2,3)17-9(14)12-8-11-6(5-16-8)7(13)15-4/h5H,1-4H3,(H,11,12,14). The molecule has 7 nitrogen and oxygen atoms in total. The summed E-state index contributed by atoms with van der Waals surface area (Å²) in [6.07, 6.45) is 0.370. The normalized spacial score (nSPS) is 10.8. The van der Waals surface area contributed by atoms with E-state index in [1.165, 1.54) is 7.11 Å². The van der Waals surface area contributed by atoms with Gasteiger partial charge in [-0.3, -0.25) is 0 Å². The number of amides is 1. The summed E-state index contributed by atoms with van der Waals surface area (Å²) in [4.78, 5) is 26.1. The van der Waals surface area contributed by atoms with E-state index in [2.05, 4.69) is 15.0 Å². The summed E-state index contributed by atoms with van der Waals surface area (Å²) in [6.45, 7) is 5.17. The van der Waals surface area contributed by atoms with Crippen LogP contribution in [-0.4, -0.2) is 29.8 Å². The number of nitrogens with one attached hydrogen (secondary N) is 1. The average Bonchev–Trinajstić information content (AvgIpc) is 2.62. The van der Waals surface area contributed by atoms with Gasteiger partial charge in [0, 0.05) is 0 Å². The minimum atomic E-state index is -0.712. The molecule has 0 unspecified atom stereocenters. The van der Waals surface area contributed by atoms with E-state index in [0.717, 1.165) is 6.26 Å². The van der Waals surface area contributed by atoms with Crippen LogP contribution in [0.15, 0.2) is 10.7 Å². The van der Waals surface area contributed by atoms with E-state index in [1.807, 2.05) is 0 Å². The summed E-state index contributed by atoms with van der Waals surface area (Å²) in [6, 6.07) is -0.125. The minimum absolute atomic E-state index is 0.0291. The zero-order valence-electron chi connectivity index (χ0n) is 10.1. The molecule has 1 heterocycles. The van der Waals surface area contributed by atoms with Crippen LogP contribution in [0.1, 0.15) is 31.3 Å². The molecule has 0 spiro atoms. The maximum Gasteiger partial charge on any atom is 0.415 e. The van der Waals surface area contributed by atoms with Gasteiger partial charge in [-0.15, -0.1) is 0 Å². The number of esters is 1. The van der Waals surface area contributed by atoms with Crippen molar-refractivity contribution >= 4 is 18.1 Å². The molecule has 0 bridgehead atoms. The highest BCUT2D eigenvalue weighted by atomic mass is 16.6. The highest BCUT2D eigenvalue weighted by molar-refractivity contribution is 5.88. The Morgan fingerprint density at radius 3 is 2.59 bits per heavy atom. The largest absolute Gasteiger partial charge is 0.464 e. The Hall–Kier alpha value is -2.05. The van der Waals surface area contributed by atoms with Crippen LogP contribution in [0.25, 0.3) is 0 Å². The van der Waals surface area contributed by atoms with Crippen molar-refractivity contribution in [3.8, 4) is 0 Å². The van der Waals surface area contributed by atoms with E-state index in [9.17, 15) is 9.59 Å². The number of hydrogen-bond donors (Lipinski definition) is 1. The monoisotopic (exact) mass is 242 g/mol. The van der Waals surface area contributed by atoms with Gasteiger partial charge in [0.05, 0.1) is 7.11 Å². The number of oxazole rings is 1. The summed E-state index contributed by atoms with van der Waals surface area (Å²) < 4.78 is 14.3. The van der Waals surface area contributed by atoms with Crippen LogP contribution in [0.5, 0.6) is 0 Å². The molecule has 1 aromatic heterocycles. The lowest BCUT2D eigenvalue weighted by Crippen LogP contribution is -2.27. The maximum atomic E-state index is 11.3. The molecule has 0 radical (unpaired) electrons. The fourth-order valence-corrected chi connectivity index (χ4v) is 0.920. The predicted molar refractivity (Wildman–Crippen MR) is 57.7 cm³/mol. The van der Waals surface area contributed by atoms with Crippen molar-refractivity contribution < 1.29 is 23.5 Å². The highest BCUT2D eigenvalue weighted by Gasteiger charge is 2.19. The zero-order chi connectivity index (χ0) is 13.1. The molecule has 0 aliphatic carbocycles. The van der Waals surface area contributed by atoms with Crippen LogP contribution in [0.4, 0.5) is 10.8 Å². The van der Waals surface area contributed by atoms with Crippen molar-refractivity contribution in [2.75, 3.05) is 12.4 Å². The van der Waals surface area contributed by atoms with Gasteiger partial charge >= 0.3 is 18.1 Å². The molecule has 0 saturated carbocycles. The molecule has 0 fully saturated rings. The molecule has 7 heteroatoms. The Morgan fingerprint density at radius 1 is 1.41 bits per heavy atom. The molecule has 1 N–H and O–H groups in total. The van der Waals surface area contributed by atoms with E-state index in [-0.39, 0.29) is 11.7 Å². The molecular formula is C10H14N2O5. The summed E-state index contributed by atoms with van der Waals surface area (Å²) in [5.41, 5.74) is -0.652. The van der Waals surface area contributed by atoms with Crippen LogP contribution in [0, 0.1) is 0 Å². The molecule has 1 amide bonds. The van der Waals surface area contributed by atoms with Crippen LogP contribution in [0.3, 0.4) is 0 Å². The third-order valence-corrected chi connectivity index (χ3v) is 1.51. The lowest BCUT2D eigenvalue weighted by atomic mass is 10.2. The SMILES string of the molecule is COC(=O)c1coc(NC(=O)OC(C)(C)C)n1. The first-order valence-corrected chi connectivity index (χ1v) is 4.85. The Morgan fingerprint density at radius 2 is 2.06 bits per heavy atom. The maximum absolute atomic E-state index is 11.3. The van der Waals surface area contributed by atoms with Crippen LogP contribution in [0.2, 0.25) is 0 Å². The van der Waals surface area contributed by atoms with E-state index in [4.69, 9.17) is 9.15 Å². The van der Waals surface area contributed by atoms with Gasteiger partial charge in [0.15, 0.2) is 5.69 Å². The number of anilines is 1. The number of rotatable bonds is 2. The second kappa shape index (κ2) is 4.86. The molecule has 0 aliphatic rings. The highest BCUT2D eigenvalue weighted by Crippen LogP contribution is 2.12. The number of methoxy groups -OCH3 is 1. The first-order valence-electron chi connectivity index (χ1n) is 4.85. The van der Waals surface area contributed by atoms with Crippen molar-refractivity contribution in [1.29, 1.82) is 0 Å². The number of aromatic nitrogens is 1. The van der Waals surface area contributed by atoms with E-state index >= 15 is 0 Å². The van der Waals surface area contributed by atoms with Crippen LogP contribution < -0.4 is 5.32 Å². The van der Waals surface area contributed by atoms with Crippen molar-refractivity contribution in [2.45, 2.75) is 26.4 Å².